The van der Waals surface area contributed by atoms with Crippen molar-refractivity contribution in [3.8, 4) is 5.75 Å². The summed E-state index contributed by atoms with van der Waals surface area (Å²) in [5.41, 5.74) is -1.48. The lowest BCUT2D eigenvalue weighted by Gasteiger charge is -2.15. The molecular weight excluding hydrogens is 263 g/mol. The number of aliphatic carboxylic acids is 1. The molecule has 0 heterocycles. The fraction of sp³-hybridized carbons (Fsp3) is 0.300. The molecule has 0 spiro atoms. The normalized spacial score (nSPS) is 11.7. The van der Waals surface area contributed by atoms with E-state index in [1.807, 2.05) is 0 Å². The topological polar surface area (TPSA) is 46.5 Å². The van der Waals surface area contributed by atoms with Crippen LogP contribution in [0.5, 0.6) is 5.75 Å². The Bertz CT molecular complexity index is 442. The fourth-order valence-electron chi connectivity index (χ4n) is 1.37. The Morgan fingerprint density at radius 2 is 1.94 bits per heavy atom. The van der Waals surface area contributed by atoms with Gasteiger partial charge in [0.05, 0.1) is 12.0 Å². The van der Waals surface area contributed by atoms with Gasteiger partial charge in [-0.15, -0.1) is 13.2 Å². The van der Waals surface area contributed by atoms with Crippen LogP contribution >= 0.6 is 0 Å². The molecule has 0 bridgehead atoms. The molecular formula is C10H7F5O3. The monoisotopic (exact) mass is 270 g/mol. The standard InChI is InChI=1S/C10H7F5O3/c11-9(12)8-5(4-7(16)17)2-1-3-6(8)18-10(13,14)15/h1-3,9H,4H2,(H,16,17). The van der Waals surface area contributed by atoms with Crippen molar-refractivity contribution in [1.29, 1.82) is 0 Å². The zero-order valence-electron chi connectivity index (χ0n) is 8.67. The van der Waals surface area contributed by atoms with Crippen molar-refractivity contribution in [2.24, 2.45) is 0 Å². The van der Waals surface area contributed by atoms with Gasteiger partial charge in [0, 0.05) is 0 Å². The van der Waals surface area contributed by atoms with Crippen molar-refractivity contribution in [1.82, 2.24) is 0 Å². The van der Waals surface area contributed by atoms with Crippen molar-refractivity contribution in [3.63, 3.8) is 0 Å². The van der Waals surface area contributed by atoms with Gasteiger partial charge in [-0.25, -0.2) is 8.78 Å². The second kappa shape index (κ2) is 5.19. The molecule has 0 radical (unpaired) electrons. The number of rotatable bonds is 4. The van der Waals surface area contributed by atoms with Crippen LogP contribution in [0.25, 0.3) is 0 Å². The largest absolute Gasteiger partial charge is 0.573 e. The number of benzene rings is 1. The average Bonchev–Trinajstić information content (AvgIpc) is 2.13. The van der Waals surface area contributed by atoms with E-state index in [2.05, 4.69) is 4.74 Å². The maximum Gasteiger partial charge on any atom is 0.573 e. The summed E-state index contributed by atoms with van der Waals surface area (Å²) >= 11 is 0. The van der Waals surface area contributed by atoms with Crippen molar-refractivity contribution < 1.29 is 36.6 Å². The van der Waals surface area contributed by atoms with Gasteiger partial charge in [0.25, 0.3) is 6.43 Å². The molecule has 1 N–H and O–H groups in total. The van der Waals surface area contributed by atoms with Gasteiger partial charge >= 0.3 is 12.3 Å². The number of carboxylic acid groups (broad SMARTS) is 1. The highest BCUT2D eigenvalue weighted by molar-refractivity contribution is 5.71. The van der Waals surface area contributed by atoms with Crippen LogP contribution in [0.15, 0.2) is 18.2 Å². The maximum atomic E-state index is 12.7. The molecule has 1 aromatic rings. The molecule has 0 aliphatic heterocycles. The van der Waals surface area contributed by atoms with E-state index in [1.165, 1.54) is 0 Å². The Balaban J connectivity index is 3.21. The first-order valence-corrected chi connectivity index (χ1v) is 4.58. The molecule has 0 saturated carbocycles. The van der Waals surface area contributed by atoms with Crippen LogP contribution in [0.2, 0.25) is 0 Å². The van der Waals surface area contributed by atoms with Gasteiger partial charge in [-0.3, -0.25) is 4.79 Å². The molecule has 0 aliphatic rings. The summed E-state index contributed by atoms with van der Waals surface area (Å²) < 4.78 is 64.8. The molecule has 3 nitrogen and oxygen atoms in total. The Morgan fingerprint density at radius 3 is 2.39 bits per heavy atom. The van der Waals surface area contributed by atoms with E-state index in [-0.39, 0.29) is 0 Å². The minimum absolute atomic E-state index is 0.417. The van der Waals surface area contributed by atoms with Crippen LogP contribution in [0, 0.1) is 0 Å². The van der Waals surface area contributed by atoms with Crippen molar-refractivity contribution in [2.45, 2.75) is 19.2 Å². The van der Waals surface area contributed by atoms with E-state index in [0.717, 1.165) is 12.1 Å². The van der Waals surface area contributed by atoms with Crippen LogP contribution in [-0.4, -0.2) is 17.4 Å². The maximum absolute atomic E-state index is 12.7. The summed E-state index contributed by atoms with van der Waals surface area (Å²) in [5.74, 6) is -2.52. The second-order valence-electron chi connectivity index (χ2n) is 3.25. The quantitative estimate of drug-likeness (QED) is 0.855. The summed E-state index contributed by atoms with van der Waals surface area (Å²) in [6.07, 6.45) is -9.20. The molecule has 0 aliphatic carbocycles. The first-order chi connectivity index (χ1) is 8.20. The Morgan fingerprint density at radius 1 is 1.33 bits per heavy atom. The molecule has 0 atom stereocenters. The average molecular weight is 270 g/mol. The molecule has 0 amide bonds. The van der Waals surface area contributed by atoms with E-state index >= 15 is 0 Å². The van der Waals surface area contributed by atoms with Crippen molar-refractivity contribution in [3.05, 3.63) is 29.3 Å². The van der Waals surface area contributed by atoms with Gasteiger partial charge in [0.1, 0.15) is 5.75 Å². The molecule has 0 saturated heterocycles. The zero-order valence-corrected chi connectivity index (χ0v) is 8.67. The molecule has 0 aromatic heterocycles. The molecule has 1 aromatic carbocycles. The van der Waals surface area contributed by atoms with E-state index < -0.39 is 42.1 Å². The Hall–Kier alpha value is -1.86. The summed E-state index contributed by atoms with van der Waals surface area (Å²) in [5, 5.41) is 8.49. The number of hydrogen-bond acceptors (Lipinski definition) is 2. The molecule has 1 rings (SSSR count). The minimum atomic E-state index is -5.12. The van der Waals surface area contributed by atoms with E-state index in [4.69, 9.17) is 5.11 Å². The molecule has 0 fully saturated rings. The van der Waals surface area contributed by atoms with E-state index in [0.29, 0.717) is 6.07 Å². The number of carbonyl (C=O) groups is 1. The fourth-order valence-corrected chi connectivity index (χ4v) is 1.37. The number of ether oxygens (including phenoxy) is 1. The van der Waals surface area contributed by atoms with E-state index in [9.17, 15) is 26.7 Å². The Labute approximate surface area is 97.8 Å². The predicted molar refractivity (Wildman–Crippen MR) is 49.4 cm³/mol. The van der Waals surface area contributed by atoms with Gasteiger partial charge in [-0.1, -0.05) is 12.1 Å². The number of halogens is 5. The zero-order chi connectivity index (χ0) is 13.9. The SMILES string of the molecule is O=C(O)Cc1cccc(OC(F)(F)F)c1C(F)F. The van der Waals surface area contributed by atoms with Crippen LogP contribution in [0.3, 0.4) is 0 Å². The lowest BCUT2D eigenvalue weighted by molar-refractivity contribution is -0.275. The first kappa shape index (κ1) is 14.2. The second-order valence-corrected chi connectivity index (χ2v) is 3.25. The lowest BCUT2D eigenvalue weighted by atomic mass is 10.0. The minimum Gasteiger partial charge on any atom is -0.481 e. The number of carboxylic acids is 1. The third-order valence-corrected chi connectivity index (χ3v) is 1.94. The van der Waals surface area contributed by atoms with Gasteiger partial charge < -0.3 is 9.84 Å². The van der Waals surface area contributed by atoms with Gasteiger partial charge in [-0.2, -0.15) is 0 Å². The Kier molecular flexibility index (Phi) is 4.10. The third-order valence-electron chi connectivity index (χ3n) is 1.94. The van der Waals surface area contributed by atoms with Crippen LogP contribution in [-0.2, 0) is 11.2 Å². The van der Waals surface area contributed by atoms with Gasteiger partial charge in [-0.05, 0) is 11.6 Å². The van der Waals surface area contributed by atoms with Crippen molar-refractivity contribution >= 4 is 5.97 Å². The summed E-state index contributed by atoms with van der Waals surface area (Å²) in [4.78, 5) is 10.4. The lowest BCUT2D eigenvalue weighted by Crippen LogP contribution is -2.19. The first-order valence-electron chi connectivity index (χ1n) is 4.58. The molecule has 8 heteroatoms. The summed E-state index contributed by atoms with van der Waals surface area (Å²) in [6.45, 7) is 0. The molecule has 18 heavy (non-hydrogen) atoms. The molecule has 100 valence electrons. The number of hydrogen-bond donors (Lipinski definition) is 1. The predicted octanol–water partition coefficient (Wildman–Crippen LogP) is 3.15. The third kappa shape index (κ3) is 3.86. The van der Waals surface area contributed by atoms with Crippen molar-refractivity contribution in [2.75, 3.05) is 0 Å². The van der Waals surface area contributed by atoms with Crippen LogP contribution in [0.4, 0.5) is 22.0 Å². The highest BCUT2D eigenvalue weighted by Crippen LogP contribution is 2.35. The van der Waals surface area contributed by atoms with Gasteiger partial charge in [0.2, 0.25) is 0 Å². The molecule has 0 unspecified atom stereocenters. The highest BCUT2D eigenvalue weighted by atomic mass is 19.4. The number of alkyl halides is 5. The van der Waals surface area contributed by atoms with Crippen LogP contribution < -0.4 is 4.74 Å². The van der Waals surface area contributed by atoms with E-state index in [1.54, 1.807) is 0 Å². The van der Waals surface area contributed by atoms with Gasteiger partial charge in [0.15, 0.2) is 0 Å². The summed E-state index contributed by atoms with van der Waals surface area (Å²) in [6, 6.07) is 2.74. The smallest absolute Gasteiger partial charge is 0.481 e. The summed E-state index contributed by atoms with van der Waals surface area (Å²) in [7, 11) is 0. The van der Waals surface area contributed by atoms with Crippen LogP contribution in [0.1, 0.15) is 17.6 Å². The highest BCUT2D eigenvalue weighted by Gasteiger charge is 2.34.